The van der Waals surface area contributed by atoms with Gasteiger partial charge in [0.1, 0.15) is 0 Å². The molecule has 0 bridgehead atoms. The molecule has 0 saturated carbocycles. The summed E-state index contributed by atoms with van der Waals surface area (Å²) in [5.74, 6) is -0.108. The summed E-state index contributed by atoms with van der Waals surface area (Å²) in [6.45, 7) is 4.68. The number of unbranched alkanes of at least 4 members (excludes halogenated alkanes) is 2. The minimum Gasteiger partial charge on any atom is -0.392 e. The Kier molecular flexibility index (Phi) is 13.1. The number of hydrogen-bond acceptors (Lipinski definition) is 7. The number of aliphatic hydroxyl groups is 2. The van der Waals surface area contributed by atoms with E-state index in [2.05, 4.69) is 15.5 Å². The maximum Gasteiger partial charge on any atom is 0.224 e. The molecule has 1 heterocycles. The molecule has 242 valence electrons. The van der Waals surface area contributed by atoms with Crippen molar-refractivity contribution >= 4 is 17.5 Å². The smallest absolute Gasteiger partial charge is 0.224 e. The van der Waals surface area contributed by atoms with Crippen LogP contribution in [0.2, 0.25) is 0 Å². The van der Waals surface area contributed by atoms with E-state index >= 15 is 0 Å². The Morgan fingerprint density at radius 3 is 2.42 bits per heavy atom. The van der Waals surface area contributed by atoms with Gasteiger partial charge >= 0.3 is 0 Å². The van der Waals surface area contributed by atoms with Crippen LogP contribution >= 0.6 is 0 Å². The molecular formula is C36H47N3O6. The van der Waals surface area contributed by atoms with Crippen LogP contribution in [0.25, 0.3) is 0 Å². The number of rotatable bonds is 15. The second kappa shape index (κ2) is 17.2. The largest absolute Gasteiger partial charge is 0.392 e. The van der Waals surface area contributed by atoms with Crippen molar-refractivity contribution in [2.45, 2.75) is 83.2 Å². The highest BCUT2D eigenvalue weighted by molar-refractivity contribution is 5.90. The zero-order valence-electron chi connectivity index (χ0n) is 26.5. The van der Waals surface area contributed by atoms with Crippen LogP contribution < -0.4 is 10.6 Å². The molecule has 0 unspecified atom stereocenters. The maximum absolute atomic E-state index is 12.6. The average Bonchev–Trinajstić information content (AvgIpc) is 3.06. The Hall–Kier alpha value is -3.60. The third-order valence-corrected chi connectivity index (χ3v) is 8.30. The monoisotopic (exact) mass is 617 g/mol. The predicted molar refractivity (Wildman–Crippen MR) is 174 cm³/mol. The summed E-state index contributed by atoms with van der Waals surface area (Å²) in [4.78, 5) is 25.7. The molecule has 1 saturated heterocycles. The van der Waals surface area contributed by atoms with Gasteiger partial charge in [-0.05, 0) is 55.6 Å². The first-order valence-corrected chi connectivity index (χ1v) is 15.8. The SMILES string of the molecule is CC(=O)NCCCCCC(=O)Nc1cccc([C@H]2O[C@@H](CN(C)[C@@H](C)[C@H](O)c3ccccc3)C[C@@H](c3ccc(CO)cc3)O2)c1. The Bertz CT molecular complexity index is 1350. The number of aliphatic hydroxyl groups excluding tert-OH is 2. The standard InChI is InChI=1S/C36H47N3O6/c1-25(35(43)29-11-6-4-7-12-29)39(3)23-32-22-33(28-18-16-27(24-40)17-19-28)45-36(44-32)30-13-10-14-31(21-30)38-34(42)15-8-5-9-20-37-26(2)41/h4,6-7,10-14,16-19,21,25,32-33,35-36,40,43H,5,8-9,15,20,22-24H2,1-3H3,(H,37,41)(H,38,42)/t25-,32+,33-,35-,36-/m0/s1. The van der Waals surface area contributed by atoms with E-state index in [-0.39, 0.29) is 36.7 Å². The molecule has 4 rings (SSSR count). The lowest BCUT2D eigenvalue weighted by Gasteiger charge is -2.39. The molecule has 0 spiro atoms. The van der Waals surface area contributed by atoms with Gasteiger partial charge in [0, 0.05) is 50.1 Å². The van der Waals surface area contributed by atoms with Gasteiger partial charge in [-0.1, -0.05) is 73.2 Å². The van der Waals surface area contributed by atoms with E-state index in [4.69, 9.17) is 9.47 Å². The van der Waals surface area contributed by atoms with E-state index in [0.717, 1.165) is 41.5 Å². The van der Waals surface area contributed by atoms with Gasteiger partial charge in [0.05, 0.1) is 24.9 Å². The Morgan fingerprint density at radius 2 is 1.71 bits per heavy atom. The third kappa shape index (κ3) is 10.5. The van der Waals surface area contributed by atoms with Crippen molar-refractivity contribution in [2.24, 2.45) is 0 Å². The molecule has 3 aromatic carbocycles. The molecule has 2 amide bonds. The van der Waals surface area contributed by atoms with E-state index in [0.29, 0.717) is 31.6 Å². The van der Waals surface area contributed by atoms with Crippen LogP contribution in [0.1, 0.15) is 86.7 Å². The first-order chi connectivity index (χ1) is 21.7. The molecule has 5 atom stereocenters. The lowest BCUT2D eigenvalue weighted by atomic mass is 9.98. The summed E-state index contributed by atoms with van der Waals surface area (Å²) in [5, 5.41) is 26.3. The topological polar surface area (TPSA) is 120 Å². The van der Waals surface area contributed by atoms with Crippen LogP contribution in [-0.4, -0.2) is 59.2 Å². The van der Waals surface area contributed by atoms with Crippen molar-refractivity contribution in [3.8, 4) is 0 Å². The normalized spacial score (nSPS) is 19.6. The minimum atomic E-state index is -0.667. The van der Waals surface area contributed by atoms with Gasteiger partial charge in [-0.2, -0.15) is 0 Å². The second-order valence-electron chi connectivity index (χ2n) is 11.9. The van der Waals surface area contributed by atoms with E-state index in [1.165, 1.54) is 6.92 Å². The Labute approximate surface area is 266 Å². The summed E-state index contributed by atoms with van der Waals surface area (Å²) < 4.78 is 13.0. The fraction of sp³-hybridized carbons (Fsp3) is 0.444. The zero-order valence-corrected chi connectivity index (χ0v) is 26.5. The van der Waals surface area contributed by atoms with Crippen molar-refractivity contribution in [2.75, 3.05) is 25.5 Å². The first kappa shape index (κ1) is 34.3. The van der Waals surface area contributed by atoms with E-state index in [1.807, 2.05) is 92.8 Å². The number of amides is 2. The molecule has 9 nitrogen and oxygen atoms in total. The van der Waals surface area contributed by atoms with Gasteiger partial charge in [0.25, 0.3) is 0 Å². The van der Waals surface area contributed by atoms with Gasteiger partial charge in [0.15, 0.2) is 6.29 Å². The number of carbonyl (C=O) groups is 2. The van der Waals surface area contributed by atoms with Gasteiger partial charge in [-0.3, -0.25) is 14.5 Å². The lowest BCUT2D eigenvalue weighted by Crippen LogP contribution is -2.43. The number of nitrogens with one attached hydrogen (secondary N) is 2. The Balaban J connectivity index is 1.43. The third-order valence-electron chi connectivity index (χ3n) is 8.30. The number of hydrogen-bond donors (Lipinski definition) is 4. The summed E-state index contributed by atoms with van der Waals surface area (Å²) in [7, 11) is 1.99. The summed E-state index contributed by atoms with van der Waals surface area (Å²) in [6.07, 6.45) is 1.68. The summed E-state index contributed by atoms with van der Waals surface area (Å²) in [5.41, 5.74) is 4.16. The maximum atomic E-state index is 12.6. The summed E-state index contributed by atoms with van der Waals surface area (Å²) in [6, 6.07) is 24.8. The second-order valence-corrected chi connectivity index (χ2v) is 11.9. The molecule has 1 aliphatic rings. The quantitative estimate of drug-likeness (QED) is 0.168. The minimum absolute atomic E-state index is 0.0256. The molecule has 9 heteroatoms. The average molecular weight is 618 g/mol. The van der Waals surface area contributed by atoms with Crippen molar-refractivity contribution in [3.05, 3.63) is 101 Å². The number of anilines is 1. The number of carbonyl (C=O) groups excluding carboxylic acids is 2. The van der Waals surface area contributed by atoms with Crippen molar-refractivity contribution in [1.82, 2.24) is 10.2 Å². The van der Waals surface area contributed by atoms with Crippen molar-refractivity contribution in [3.63, 3.8) is 0 Å². The molecule has 0 aliphatic carbocycles. The Morgan fingerprint density at radius 1 is 0.956 bits per heavy atom. The lowest BCUT2D eigenvalue weighted by molar-refractivity contribution is -0.253. The van der Waals surface area contributed by atoms with Gasteiger partial charge in [0.2, 0.25) is 11.8 Å². The van der Waals surface area contributed by atoms with Crippen LogP contribution in [0.4, 0.5) is 5.69 Å². The van der Waals surface area contributed by atoms with Crippen LogP contribution in [0.15, 0.2) is 78.9 Å². The van der Waals surface area contributed by atoms with Crippen LogP contribution in [0, 0.1) is 0 Å². The fourth-order valence-corrected chi connectivity index (χ4v) is 5.53. The molecule has 45 heavy (non-hydrogen) atoms. The highest BCUT2D eigenvalue weighted by Gasteiger charge is 2.34. The van der Waals surface area contributed by atoms with Gasteiger partial charge in [-0.15, -0.1) is 0 Å². The van der Waals surface area contributed by atoms with E-state index in [9.17, 15) is 19.8 Å². The van der Waals surface area contributed by atoms with Gasteiger partial charge in [-0.25, -0.2) is 0 Å². The summed E-state index contributed by atoms with van der Waals surface area (Å²) >= 11 is 0. The number of nitrogens with zero attached hydrogens (tertiary/aromatic N) is 1. The van der Waals surface area contributed by atoms with Crippen LogP contribution in [0.3, 0.4) is 0 Å². The molecule has 0 aromatic heterocycles. The number of benzene rings is 3. The zero-order chi connectivity index (χ0) is 32.2. The highest BCUT2D eigenvalue weighted by Crippen LogP contribution is 2.39. The molecule has 3 aromatic rings. The molecule has 1 aliphatic heterocycles. The first-order valence-electron chi connectivity index (χ1n) is 15.8. The molecule has 4 N–H and O–H groups in total. The van der Waals surface area contributed by atoms with Crippen LogP contribution in [-0.2, 0) is 25.7 Å². The van der Waals surface area contributed by atoms with Crippen molar-refractivity contribution < 1.29 is 29.3 Å². The van der Waals surface area contributed by atoms with Crippen molar-refractivity contribution in [1.29, 1.82) is 0 Å². The van der Waals surface area contributed by atoms with E-state index in [1.54, 1.807) is 0 Å². The fourth-order valence-electron chi connectivity index (χ4n) is 5.53. The van der Waals surface area contributed by atoms with Crippen LogP contribution in [0.5, 0.6) is 0 Å². The molecule has 1 fully saturated rings. The van der Waals surface area contributed by atoms with Gasteiger partial charge < -0.3 is 30.3 Å². The highest BCUT2D eigenvalue weighted by atomic mass is 16.7. The molecule has 0 radical (unpaired) electrons. The predicted octanol–water partition coefficient (Wildman–Crippen LogP) is 5.41. The number of likely N-dealkylation sites (N-methyl/N-ethyl adjacent to an activating group) is 1. The molecular weight excluding hydrogens is 570 g/mol. The van der Waals surface area contributed by atoms with E-state index < -0.39 is 12.4 Å². The number of ether oxygens (including phenoxy) is 2.